The maximum Gasteiger partial charge on any atom is 0.321 e. The Morgan fingerprint density at radius 2 is 2.00 bits per heavy atom. The first-order valence-electron chi connectivity index (χ1n) is 5.67. The number of nitrogens with one attached hydrogen (secondary N) is 1. The summed E-state index contributed by atoms with van der Waals surface area (Å²) >= 11 is 2.72. The zero-order valence-corrected chi connectivity index (χ0v) is 13.5. The third kappa shape index (κ3) is 4.71. The molecule has 0 unspecified atom stereocenters. The van der Waals surface area contributed by atoms with E-state index < -0.39 is 51.1 Å². The fourth-order valence-corrected chi connectivity index (χ4v) is 3.44. The third-order valence-corrected chi connectivity index (χ3v) is 4.71. The number of sulfonamides is 1. The zero-order valence-electron chi connectivity index (χ0n) is 11.1. The summed E-state index contributed by atoms with van der Waals surface area (Å²) < 4.78 is 56.3. The van der Waals surface area contributed by atoms with Crippen LogP contribution in [0.1, 0.15) is 6.92 Å². The highest BCUT2D eigenvalue weighted by Gasteiger charge is 2.25. The Balaban J connectivity index is 2.85. The minimum Gasteiger partial charge on any atom is -0.452 e. The molecular formula is C11H11BrF2N2O5S. The minimum atomic E-state index is -4.45. The standard InChI is InChI=1S/C11H11BrF2N2O5S/c1-5(11(15)18)21-9(17)4-16-22(19,20)10-7(12)2-6(13)3-8(10)14/h2-3,5,16H,4H2,1H3,(H2,15,18)/t5-/m0/s1. The molecule has 0 aliphatic heterocycles. The molecule has 0 heterocycles. The highest BCUT2D eigenvalue weighted by atomic mass is 79.9. The summed E-state index contributed by atoms with van der Waals surface area (Å²) in [5, 5.41) is 0. The Labute approximate surface area is 133 Å². The molecule has 122 valence electrons. The number of benzene rings is 1. The summed E-state index contributed by atoms with van der Waals surface area (Å²) in [6.07, 6.45) is -1.24. The molecule has 0 spiro atoms. The molecule has 1 amide bonds. The van der Waals surface area contributed by atoms with Gasteiger partial charge in [-0.2, -0.15) is 4.72 Å². The fourth-order valence-electron chi connectivity index (χ4n) is 1.31. The molecule has 0 radical (unpaired) electrons. The number of amides is 1. The molecule has 7 nitrogen and oxygen atoms in total. The highest BCUT2D eigenvalue weighted by molar-refractivity contribution is 9.10. The van der Waals surface area contributed by atoms with Crippen LogP contribution in [0.15, 0.2) is 21.5 Å². The first kappa shape index (κ1) is 18.5. The number of primary amides is 1. The van der Waals surface area contributed by atoms with Gasteiger partial charge in [0.05, 0.1) is 0 Å². The van der Waals surface area contributed by atoms with E-state index in [2.05, 4.69) is 20.7 Å². The molecule has 0 aliphatic carbocycles. The largest absolute Gasteiger partial charge is 0.452 e. The first-order chi connectivity index (χ1) is 10.0. The third-order valence-electron chi connectivity index (χ3n) is 2.35. The lowest BCUT2D eigenvalue weighted by atomic mass is 10.3. The molecule has 0 fully saturated rings. The van der Waals surface area contributed by atoms with Gasteiger partial charge in [0, 0.05) is 10.5 Å². The fraction of sp³-hybridized carbons (Fsp3) is 0.273. The topological polar surface area (TPSA) is 116 Å². The number of rotatable bonds is 6. The van der Waals surface area contributed by atoms with Gasteiger partial charge < -0.3 is 10.5 Å². The maximum absolute atomic E-state index is 13.6. The number of esters is 1. The SMILES string of the molecule is C[C@H](OC(=O)CNS(=O)(=O)c1c(F)cc(F)cc1Br)C(N)=O. The van der Waals surface area contributed by atoms with Crippen molar-refractivity contribution in [3.63, 3.8) is 0 Å². The van der Waals surface area contributed by atoms with Crippen LogP contribution in [0.3, 0.4) is 0 Å². The number of hydrogen-bond acceptors (Lipinski definition) is 5. The van der Waals surface area contributed by atoms with Crippen LogP contribution < -0.4 is 10.5 Å². The van der Waals surface area contributed by atoms with E-state index in [1.807, 2.05) is 0 Å². The second-order valence-corrected chi connectivity index (χ2v) is 6.62. The van der Waals surface area contributed by atoms with E-state index in [4.69, 9.17) is 5.73 Å². The average Bonchev–Trinajstić information content (AvgIpc) is 2.34. The Kier molecular flexibility index (Phi) is 5.97. The number of ether oxygens (including phenoxy) is 1. The summed E-state index contributed by atoms with van der Waals surface area (Å²) in [5.41, 5.74) is 4.87. The molecule has 3 N–H and O–H groups in total. The van der Waals surface area contributed by atoms with Crippen molar-refractivity contribution in [2.24, 2.45) is 5.73 Å². The zero-order chi connectivity index (χ0) is 17.1. The maximum atomic E-state index is 13.6. The van der Waals surface area contributed by atoms with Gasteiger partial charge in [-0.1, -0.05) is 0 Å². The van der Waals surface area contributed by atoms with Crippen LogP contribution in [0.25, 0.3) is 0 Å². The van der Waals surface area contributed by atoms with E-state index in [-0.39, 0.29) is 4.47 Å². The van der Waals surface area contributed by atoms with Gasteiger partial charge in [0.15, 0.2) is 6.10 Å². The van der Waals surface area contributed by atoms with Crippen LogP contribution in [0.5, 0.6) is 0 Å². The molecule has 1 aromatic rings. The van der Waals surface area contributed by atoms with E-state index in [9.17, 15) is 26.8 Å². The van der Waals surface area contributed by atoms with Crippen LogP contribution in [-0.2, 0) is 24.3 Å². The van der Waals surface area contributed by atoms with Crippen molar-refractivity contribution in [1.82, 2.24) is 4.72 Å². The smallest absolute Gasteiger partial charge is 0.321 e. The van der Waals surface area contributed by atoms with Crippen molar-refractivity contribution in [3.8, 4) is 0 Å². The molecule has 22 heavy (non-hydrogen) atoms. The highest BCUT2D eigenvalue weighted by Crippen LogP contribution is 2.25. The van der Waals surface area contributed by atoms with Gasteiger partial charge in [0.1, 0.15) is 23.1 Å². The van der Waals surface area contributed by atoms with Crippen molar-refractivity contribution >= 4 is 37.8 Å². The number of carbonyl (C=O) groups is 2. The summed E-state index contributed by atoms with van der Waals surface area (Å²) in [6.45, 7) is 0.341. The number of carbonyl (C=O) groups excluding carboxylic acids is 2. The van der Waals surface area contributed by atoms with E-state index in [0.29, 0.717) is 6.07 Å². The van der Waals surface area contributed by atoms with Gasteiger partial charge in [-0.3, -0.25) is 9.59 Å². The average molecular weight is 401 g/mol. The second kappa shape index (κ2) is 7.11. The summed E-state index contributed by atoms with van der Waals surface area (Å²) in [7, 11) is -4.45. The quantitative estimate of drug-likeness (QED) is 0.671. The molecule has 0 saturated carbocycles. The van der Waals surface area contributed by atoms with E-state index >= 15 is 0 Å². The lowest BCUT2D eigenvalue weighted by Crippen LogP contribution is -2.36. The van der Waals surface area contributed by atoms with Crippen LogP contribution in [-0.4, -0.2) is 32.9 Å². The van der Waals surface area contributed by atoms with Crippen LogP contribution >= 0.6 is 15.9 Å². The van der Waals surface area contributed by atoms with E-state index in [0.717, 1.165) is 6.07 Å². The molecular weight excluding hydrogens is 390 g/mol. The van der Waals surface area contributed by atoms with Crippen molar-refractivity contribution in [2.75, 3.05) is 6.54 Å². The van der Waals surface area contributed by atoms with E-state index in [1.54, 1.807) is 4.72 Å². The Hall–Kier alpha value is -1.59. The molecule has 1 aromatic carbocycles. The predicted molar refractivity (Wildman–Crippen MR) is 74.0 cm³/mol. The van der Waals surface area contributed by atoms with Gasteiger partial charge in [0.2, 0.25) is 10.0 Å². The predicted octanol–water partition coefficient (Wildman–Crippen LogP) is 0.423. The van der Waals surface area contributed by atoms with Crippen molar-refractivity contribution in [3.05, 3.63) is 28.2 Å². The molecule has 1 rings (SSSR count). The van der Waals surface area contributed by atoms with Gasteiger partial charge in [-0.15, -0.1) is 0 Å². The minimum absolute atomic E-state index is 0.351. The van der Waals surface area contributed by atoms with Crippen molar-refractivity contribution in [1.29, 1.82) is 0 Å². The number of halogens is 3. The molecule has 0 aliphatic rings. The Morgan fingerprint density at radius 1 is 1.41 bits per heavy atom. The van der Waals surface area contributed by atoms with Crippen LogP contribution in [0.2, 0.25) is 0 Å². The molecule has 11 heteroatoms. The lowest BCUT2D eigenvalue weighted by molar-refractivity contribution is -0.152. The summed E-state index contributed by atoms with van der Waals surface area (Å²) in [6, 6.07) is 1.14. The Bertz CT molecular complexity index is 687. The molecule has 0 bridgehead atoms. The summed E-state index contributed by atoms with van der Waals surface area (Å²) in [5.74, 6) is -4.31. The van der Waals surface area contributed by atoms with Gasteiger partial charge in [0.25, 0.3) is 5.91 Å². The lowest BCUT2D eigenvalue weighted by Gasteiger charge is -2.11. The monoisotopic (exact) mass is 400 g/mol. The Morgan fingerprint density at radius 3 is 2.50 bits per heavy atom. The molecule has 1 atom stereocenters. The van der Waals surface area contributed by atoms with Crippen molar-refractivity contribution < 1.29 is 31.5 Å². The number of hydrogen-bond donors (Lipinski definition) is 2. The van der Waals surface area contributed by atoms with Gasteiger partial charge in [-0.25, -0.2) is 17.2 Å². The van der Waals surface area contributed by atoms with Crippen LogP contribution in [0.4, 0.5) is 8.78 Å². The number of nitrogens with two attached hydrogens (primary N) is 1. The van der Waals surface area contributed by atoms with E-state index in [1.165, 1.54) is 6.92 Å². The second-order valence-electron chi connectivity index (χ2n) is 4.06. The van der Waals surface area contributed by atoms with Crippen LogP contribution in [0, 0.1) is 11.6 Å². The first-order valence-corrected chi connectivity index (χ1v) is 7.95. The normalized spacial score (nSPS) is 12.7. The van der Waals surface area contributed by atoms with Gasteiger partial charge in [-0.05, 0) is 28.9 Å². The molecule has 0 aromatic heterocycles. The van der Waals surface area contributed by atoms with Crippen molar-refractivity contribution in [2.45, 2.75) is 17.9 Å². The summed E-state index contributed by atoms with van der Waals surface area (Å²) in [4.78, 5) is 21.2. The molecule has 0 saturated heterocycles. The van der Waals surface area contributed by atoms with Gasteiger partial charge >= 0.3 is 5.97 Å².